The van der Waals surface area contributed by atoms with Crippen molar-refractivity contribution in [3.63, 3.8) is 0 Å². The molecular formula is C22H30N2O4. The van der Waals surface area contributed by atoms with E-state index in [2.05, 4.69) is 5.32 Å². The third-order valence-electron chi connectivity index (χ3n) is 6.22. The van der Waals surface area contributed by atoms with Crippen LogP contribution in [0, 0.1) is 31.6 Å². The molecule has 2 amide bonds. The van der Waals surface area contributed by atoms with E-state index in [1.807, 2.05) is 32.0 Å². The number of benzene rings is 1. The fraction of sp³-hybridized carbons (Fsp3) is 0.591. The minimum atomic E-state index is -0.377. The number of hydrogen-bond acceptors (Lipinski definition) is 4. The van der Waals surface area contributed by atoms with Crippen LogP contribution < -0.4 is 5.32 Å². The van der Waals surface area contributed by atoms with Crippen LogP contribution in [0.1, 0.15) is 43.2 Å². The summed E-state index contributed by atoms with van der Waals surface area (Å²) in [4.78, 5) is 37.8. The zero-order valence-electron chi connectivity index (χ0n) is 17.0. The SMILES string of the molecule is Cc1cccc(C)c1NC(=O)CN(C)C(=O)COC(=O)CC1CC2CCC1C2. The van der Waals surface area contributed by atoms with Gasteiger partial charge in [0.25, 0.3) is 5.91 Å². The van der Waals surface area contributed by atoms with Crippen molar-refractivity contribution < 1.29 is 19.1 Å². The van der Waals surface area contributed by atoms with Crippen molar-refractivity contribution in [2.75, 3.05) is 25.5 Å². The molecule has 0 aromatic heterocycles. The van der Waals surface area contributed by atoms with Crippen LogP contribution in [0.2, 0.25) is 0 Å². The highest BCUT2D eigenvalue weighted by Gasteiger charge is 2.40. The third-order valence-corrected chi connectivity index (χ3v) is 6.22. The van der Waals surface area contributed by atoms with Crippen LogP contribution in [0.25, 0.3) is 0 Å². The normalized spacial score (nSPS) is 22.8. The van der Waals surface area contributed by atoms with Crippen LogP contribution in [0.15, 0.2) is 18.2 Å². The van der Waals surface area contributed by atoms with Gasteiger partial charge in [-0.15, -0.1) is 0 Å². The topological polar surface area (TPSA) is 75.7 Å². The van der Waals surface area contributed by atoms with Crippen LogP contribution >= 0.6 is 0 Å². The number of hydrogen-bond donors (Lipinski definition) is 1. The summed E-state index contributed by atoms with van der Waals surface area (Å²) >= 11 is 0. The minimum Gasteiger partial charge on any atom is -0.456 e. The van der Waals surface area contributed by atoms with E-state index in [1.54, 1.807) is 0 Å². The van der Waals surface area contributed by atoms with Gasteiger partial charge in [0.2, 0.25) is 5.91 Å². The molecule has 0 saturated heterocycles. The Morgan fingerprint density at radius 2 is 1.86 bits per heavy atom. The van der Waals surface area contributed by atoms with Crippen molar-refractivity contribution in [2.45, 2.75) is 46.0 Å². The average molecular weight is 386 g/mol. The van der Waals surface area contributed by atoms with Gasteiger partial charge >= 0.3 is 5.97 Å². The highest BCUT2D eigenvalue weighted by atomic mass is 16.5. The molecule has 1 N–H and O–H groups in total. The number of aryl methyl sites for hydroxylation is 2. The van der Waals surface area contributed by atoms with Gasteiger partial charge in [0.05, 0.1) is 6.54 Å². The van der Waals surface area contributed by atoms with Crippen molar-refractivity contribution in [1.29, 1.82) is 0 Å². The van der Waals surface area contributed by atoms with E-state index in [0.29, 0.717) is 18.3 Å². The molecule has 2 aliphatic rings. The zero-order chi connectivity index (χ0) is 20.3. The Morgan fingerprint density at radius 1 is 1.14 bits per heavy atom. The number of amides is 2. The summed E-state index contributed by atoms with van der Waals surface area (Å²) < 4.78 is 5.17. The first-order valence-corrected chi connectivity index (χ1v) is 10.1. The van der Waals surface area contributed by atoms with E-state index in [4.69, 9.17) is 4.74 Å². The number of rotatable bonds is 7. The van der Waals surface area contributed by atoms with Gasteiger partial charge in [0.1, 0.15) is 0 Å². The molecule has 6 heteroatoms. The second-order valence-corrected chi connectivity index (χ2v) is 8.36. The van der Waals surface area contributed by atoms with Crippen molar-refractivity contribution in [1.82, 2.24) is 4.90 Å². The van der Waals surface area contributed by atoms with Gasteiger partial charge in [-0.2, -0.15) is 0 Å². The van der Waals surface area contributed by atoms with Crippen LogP contribution in [0.5, 0.6) is 0 Å². The molecule has 152 valence electrons. The Hall–Kier alpha value is -2.37. The Balaban J connectivity index is 1.40. The zero-order valence-corrected chi connectivity index (χ0v) is 17.0. The van der Waals surface area contributed by atoms with Gasteiger partial charge in [-0.25, -0.2) is 0 Å². The predicted molar refractivity (Wildman–Crippen MR) is 107 cm³/mol. The predicted octanol–water partition coefficient (Wildman–Crippen LogP) is 3.07. The summed E-state index contributed by atoms with van der Waals surface area (Å²) in [5, 5.41) is 2.85. The molecule has 0 radical (unpaired) electrons. The van der Waals surface area contributed by atoms with Gasteiger partial charge in [0.15, 0.2) is 6.61 Å². The summed E-state index contributed by atoms with van der Waals surface area (Å²) in [5.41, 5.74) is 2.71. The van der Waals surface area contributed by atoms with Crippen LogP contribution in [0.3, 0.4) is 0 Å². The number of nitrogens with zero attached hydrogens (tertiary/aromatic N) is 1. The van der Waals surface area contributed by atoms with Gasteiger partial charge in [-0.1, -0.05) is 24.6 Å². The summed E-state index contributed by atoms with van der Waals surface area (Å²) in [6, 6.07) is 5.78. The summed E-state index contributed by atoms with van der Waals surface area (Å²) in [7, 11) is 1.54. The molecule has 2 fully saturated rings. The maximum atomic E-state index is 12.3. The maximum absolute atomic E-state index is 12.3. The molecule has 6 nitrogen and oxygen atoms in total. The fourth-order valence-corrected chi connectivity index (χ4v) is 4.65. The Labute approximate surface area is 166 Å². The number of anilines is 1. The molecule has 3 rings (SSSR count). The van der Waals surface area contributed by atoms with Crippen LogP contribution in [-0.2, 0) is 19.1 Å². The second-order valence-electron chi connectivity index (χ2n) is 8.36. The lowest BCUT2D eigenvalue weighted by Crippen LogP contribution is -2.37. The van der Waals surface area contributed by atoms with Gasteiger partial charge in [0, 0.05) is 19.2 Å². The molecule has 2 aliphatic carbocycles. The number of ether oxygens (including phenoxy) is 1. The summed E-state index contributed by atoms with van der Waals surface area (Å²) in [5.74, 6) is 0.900. The van der Waals surface area contributed by atoms with Gasteiger partial charge < -0.3 is 15.0 Å². The van der Waals surface area contributed by atoms with Gasteiger partial charge in [-0.3, -0.25) is 14.4 Å². The standard InChI is InChI=1S/C22H30N2O4/c1-14-5-4-6-15(2)22(14)23-19(25)12-24(3)20(26)13-28-21(27)11-18-10-16-7-8-17(18)9-16/h4-6,16-18H,7-13H2,1-3H3,(H,23,25). The monoisotopic (exact) mass is 386 g/mol. The molecule has 0 heterocycles. The molecule has 2 saturated carbocycles. The van der Waals surface area contributed by atoms with E-state index in [0.717, 1.165) is 29.2 Å². The molecule has 3 atom stereocenters. The Bertz CT molecular complexity index is 741. The largest absolute Gasteiger partial charge is 0.456 e. The quantitative estimate of drug-likeness (QED) is 0.731. The van der Waals surface area contributed by atoms with Crippen molar-refractivity contribution in [2.24, 2.45) is 17.8 Å². The summed E-state index contributed by atoms with van der Waals surface area (Å²) in [6.07, 6.45) is 5.29. The maximum Gasteiger partial charge on any atom is 0.306 e. The lowest BCUT2D eigenvalue weighted by Gasteiger charge is -2.21. The van der Waals surface area contributed by atoms with E-state index < -0.39 is 0 Å². The van der Waals surface area contributed by atoms with Gasteiger partial charge in [-0.05, 0) is 62.0 Å². The summed E-state index contributed by atoms with van der Waals surface area (Å²) in [6.45, 7) is 3.45. The highest BCUT2D eigenvalue weighted by molar-refractivity contribution is 5.96. The number of carbonyl (C=O) groups excluding carboxylic acids is 3. The van der Waals surface area contributed by atoms with E-state index in [1.165, 1.54) is 31.2 Å². The molecule has 0 spiro atoms. The Kier molecular flexibility index (Phi) is 6.37. The number of fused-ring (bicyclic) bond motifs is 2. The number of carbonyl (C=O) groups is 3. The molecule has 2 bridgehead atoms. The first kappa shape index (κ1) is 20.4. The first-order chi connectivity index (χ1) is 13.3. The highest BCUT2D eigenvalue weighted by Crippen LogP contribution is 2.49. The van der Waals surface area contributed by atoms with Crippen molar-refractivity contribution in [3.8, 4) is 0 Å². The molecule has 1 aromatic carbocycles. The molecule has 3 unspecified atom stereocenters. The average Bonchev–Trinajstić information content (AvgIpc) is 3.25. The first-order valence-electron chi connectivity index (χ1n) is 10.1. The molecule has 0 aliphatic heterocycles. The van der Waals surface area contributed by atoms with E-state index in [9.17, 15) is 14.4 Å². The van der Waals surface area contributed by atoms with Crippen LogP contribution in [0.4, 0.5) is 5.69 Å². The fourth-order valence-electron chi connectivity index (χ4n) is 4.65. The minimum absolute atomic E-state index is 0.0868. The molecule has 1 aromatic rings. The molecule has 28 heavy (non-hydrogen) atoms. The van der Waals surface area contributed by atoms with E-state index >= 15 is 0 Å². The smallest absolute Gasteiger partial charge is 0.306 e. The Morgan fingerprint density at radius 3 is 2.46 bits per heavy atom. The molecular weight excluding hydrogens is 356 g/mol. The van der Waals surface area contributed by atoms with Crippen LogP contribution in [-0.4, -0.2) is 42.9 Å². The van der Waals surface area contributed by atoms with E-state index in [-0.39, 0.29) is 30.9 Å². The lowest BCUT2D eigenvalue weighted by atomic mass is 9.86. The number of esters is 1. The van der Waals surface area contributed by atoms with Crippen molar-refractivity contribution >= 4 is 23.5 Å². The number of para-hydroxylation sites is 1. The number of nitrogens with one attached hydrogen (secondary N) is 1. The second kappa shape index (κ2) is 8.76. The number of likely N-dealkylation sites (N-methyl/N-ethyl adjacent to an activating group) is 1. The third kappa shape index (κ3) is 4.91. The lowest BCUT2D eigenvalue weighted by molar-refractivity contribution is -0.152. The van der Waals surface area contributed by atoms with Crippen molar-refractivity contribution in [3.05, 3.63) is 29.3 Å².